The Labute approximate surface area is 50.0 Å². The third kappa shape index (κ3) is 2.27. The fourth-order valence-corrected chi connectivity index (χ4v) is 0.343. The topological polar surface area (TPSA) is 9.23 Å². The highest BCUT2D eigenvalue weighted by Crippen LogP contribution is 1.90. The van der Waals surface area contributed by atoms with E-state index < -0.39 is 0 Å². The normalized spacial score (nSPS) is 6.75. The number of hydrogen-bond acceptors (Lipinski definition) is 1. The predicted octanol–water partition coefficient (Wildman–Crippen LogP) is 1.88. The Bertz CT molecular complexity index is 127. The summed E-state index contributed by atoms with van der Waals surface area (Å²) in [5.74, 6) is 0.674. The summed E-state index contributed by atoms with van der Waals surface area (Å²) in [5, 5.41) is 0. The second kappa shape index (κ2) is 4.23. The summed E-state index contributed by atoms with van der Waals surface area (Å²) in [6.07, 6.45) is 3.39. The van der Waals surface area contributed by atoms with Gasteiger partial charge < -0.3 is 4.74 Å². The van der Waals surface area contributed by atoms with E-state index in [0.29, 0.717) is 5.76 Å². The minimum Gasteiger partial charge on any atom is -0.489 e. The van der Waals surface area contributed by atoms with Crippen LogP contribution >= 0.6 is 0 Å². The molecule has 0 N–H and O–H groups in total. The number of hydrogen-bond donors (Lipinski definition) is 0. The molecule has 0 aromatic heterocycles. The molecule has 0 aliphatic heterocycles. The van der Waals surface area contributed by atoms with E-state index in [1.54, 1.807) is 19.3 Å². The van der Waals surface area contributed by atoms with Gasteiger partial charge >= 0.3 is 0 Å². The van der Waals surface area contributed by atoms with Crippen LogP contribution in [0.2, 0.25) is 0 Å². The molecule has 0 aliphatic carbocycles. The average Bonchev–Trinajstić information content (AvgIpc) is 1.83. The van der Waals surface area contributed by atoms with E-state index in [1.807, 2.05) is 6.92 Å². The van der Waals surface area contributed by atoms with Crippen LogP contribution in [0.4, 0.5) is 0 Å². The van der Waals surface area contributed by atoms with Crippen LogP contribution < -0.4 is 0 Å². The molecule has 0 heterocycles. The summed E-state index contributed by atoms with van der Waals surface area (Å²) in [6.45, 7) is 5.38. The largest absolute Gasteiger partial charge is 0.489 e. The third-order valence-electron chi connectivity index (χ3n) is 0.692. The molecule has 0 rings (SSSR count). The van der Waals surface area contributed by atoms with Crippen molar-refractivity contribution < 1.29 is 4.74 Å². The number of rotatable bonds is 2. The molecule has 1 nitrogen and oxygen atoms in total. The highest BCUT2D eigenvalue weighted by Gasteiger charge is 1.77. The molecule has 0 unspecified atom stereocenters. The highest BCUT2D eigenvalue weighted by atomic mass is 16.5. The second-order valence-electron chi connectivity index (χ2n) is 1.21. The van der Waals surface area contributed by atoms with Crippen LogP contribution in [0, 0.1) is 0 Å². The van der Waals surface area contributed by atoms with Crippen LogP contribution in [0.3, 0.4) is 0 Å². The van der Waals surface area contributed by atoms with Crippen molar-refractivity contribution in [2.75, 3.05) is 7.11 Å². The zero-order chi connectivity index (χ0) is 6.41. The Kier molecular flexibility index (Phi) is 3.73. The molecule has 0 fully saturated rings. The lowest BCUT2D eigenvalue weighted by molar-refractivity contribution is 0.308. The molecule has 1 heteroatoms. The maximum absolute atomic E-state index is 4.80. The van der Waals surface area contributed by atoms with Crippen molar-refractivity contribution in [3.8, 4) is 0 Å². The third-order valence-corrected chi connectivity index (χ3v) is 0.692. The monoisotopic (exact) mass is 110 g/mol. The zero-order valence-electron chi connectivity index (χ0n) is 5.27. The Morgan fingerprint density at radius 2 is 2.38 bits per heavy atom. The quantitative estimate of drug-likeness (QED) is 0.299. The summed E-state index contributed by atoms with van der Waals surface area (Å²) in [7, 11) is 1.59. The van der Waals surface area contributed by atoms with Crippen molar-refractivity contribution >= 4 is 0 Å². The Morgan fingerprint density at radius 3 is 2.50 bits per heavy atom. The first-order valence-corrected chi connectivity index (χ1v) is 2.43. The molecule has 0 saturated heterocycles. The summed E-state index contributed by atoms with van der Waals surface area (Å²) in [5.41, 5.74) is 2.83. The van der Waals surface area contributed by atoms with Crippen LogP contribution in [-0.2, 0) is 4.74 Å². The highest BCUT2D eigenvalue weighted by molar-refractivity contribution is 5.06. The van der Waals surface area contributed by atoms with Gasteiger partial charge in [-0.25, -0.2) is 0 Å². The molecule has 0 spiro atoms. The lowest BCUT2D eigenvalue weighted by Crippen LogP contribution is -1.75. The van der Waals surface area contributed by atoms with Gasteiger partial charge in [0.2, 0.25) is 0 Å². The number of ether oxygens (including phenoxy) is 1. The maximum atomic E-state index is 4.80. The Balaban J connectivity index is 4.08. The van der Waals surface area contributed by atoms with Crippen LogP contribution in [-0.4, -0.2) is 7.11 Å². The second-order valence-corrected chi connectivity index (χ2v) is 1.21. The molecule has 0 aliphatic rings. The van der Waals surface area contributed by atoms with Gasteiger partial charge in [0.05, 0.1) is 7.11 Å². The van der Waals surface area contributed by atoms with E-state index in [-0.39, 0.29) is 0 Å². The van der Waals surface area contributed by atoms with E-state index in [0.717, 1.165) is 0 Å². The van der Waals surface area contributed by atoms with Gasteiger partial charge in [-0.3, -0.25) is 0 Å². The van der Waals surface area contributed by atoms with E-state index in [4.69, 9.17) is 4.74 Å². The first kappa shape index (κ1) is 7.06. The summed E-state index contributed by atoms with van der Waals surface area (Å²) in [6, 6.07) is 0. The van der Waals surface area contributed by atoms with Gasteiger partial charge in [-0.15, -0.1) is 0 Å². The summed E-state index contributed by atoms with van der Waals surface area (Å²) in [4.78, 5) is 0. The first-order valence-electron chi connectivity index (χ1n) is 2.43. The van der Waals surface area contributed by atoms with Crippen LogP contribution in [0.5, 0.6) is 0 Å². The molecule has 0 radical (unpaired) electrons. The molecule has 0 aromatic carbocycles. The van der Waals surface area contributed by atoms with Gasteiger partial charge in [-0.05, 0) is 19.1 Å². The van der Waals surface area contributed by atoms with Crippen molar-refractivity contribution in [2.24, 2.45) is 0 Å². The summed E-state index contributed by atoms with van der Waals surface area (Å²) >= 11 is 0. The number of allylic oxidation sites excluding steroid dienone is 1. The van der Waals surface area contributed by atoms with Crippen molar-refractivity contribution in [1.82, 2.24) is 0 Å². The van der Waals surface area contributed by atoms with E-state index in [2.05, 4.69) is 12.3 Å². The zero-order valence-corrected chi connectivity index (χ0v) is 5.27. The smallest absolute Gasteiger partial charge is 0.160 e. The van der Waals surface area contributed by atoms with Crippen LogP contribution in [0.15, 0.2) is 30.2 Å². The van der Waals surface area contributed by atoms with Gasteiger partial charge in [-0.1, -0.05) is 12.3 Å². The molecular formula is C7H10O. The van der Waals surface area contributed by atoms with Crippen molar-refractivity contribution in [3.05, 3.63) is 30.2 Å². The van der Waals surface area contributed by atoms with Gasteiger partial charge in [0.15, 0.2) is 5.76 Å². The minimum absolute atomic E-state index is 0.674. The SMILES string of the molecule is C=CC(=C=CC)OC. The molecule has 44 valence electrons. The molecule has 0 aromatic rings. The fraction of sp³-hybridized carbons (Fsp3) is 0.286. The predicted molar refractivity (Wildman–Crippen MR) is 34.5 cm³/mol. The van der Waals surface area contributed by atoms with E-state index in [1.165, 1.54) is 0 Å². The van der Waals surface area contributed by atoms with Crippen molar-refractivity contribution in [1.29, 1.82) is 0 Å². The molecule has 8 heavy (non-hydrogen) atoms. The molecule has 0 amide bonds. The number of methoxy groups -OCH3 is 1. The van der Waals surface area contributed by atoms with Gasteiger partial charge in [-0.2, -0.15) is 0 Å². The van der Waals surface area contributed by atoms with E-state index >= 15 is 0 Å². The lowest BCUT2D eigenvalue weighted by atomic mass is 10.5. The lowest BCUT2D eigenvalue weighted by Gasteiger charge is -1.90. The van der Waals surface area contributed by atoms with Gasteiger partial charge in [0.25, 0.3) is 0 Å². The summed E-state index contributed by atoms with van der Waals surface area (Å²) < 4.78 is 4.80. The standard InChI is InChI=1S/C7H10O/c1-4-6-7(5-2)8-3/h4-5H,2H2,1,3H3. The van der Waals surface area contributed by atoms with Gasteiger partial charge in [0.1, 0.15) is 0 Å². The Hall–Kier alpha value is -0.940. The molecule has 0 bridgehead atoms. The van der Waals surface area contributed by atoms with Crippen LogP contribution in [0.25, 0.3) is 0 Å². The van der Waals surface area contributed by atoms with Crippen molar-refractivity contribution in [3.63, 3.8) is 0 Å². The minimum atomic E-state index is 0.674. The fourth-order valence-electron chi connectivity index (χ4n) is 0.343. The molecule has 0 atom stereocenters. The van der Waals surface area contributed by atoms with Crippen molar-refractivity contribution in [2.45, 2.75) is 6.92 Å². The van der Waals surface area contributed by atoms with Crippen LogP contribution in [0.1, 0.15) is 6.92 Å². The van der Waals surface area contributed by atoms with Gasteiger partial charge in [0, 0.05) is 0 Å². The first-order chi connectivity index (χ1) is 3.85. The molecular weight excluding hydrogens is 100 g/mol. The maximum Gasteiger partial charge on any atom is 0.160 e. The Morgan fingerprint density at radius 1 is 1.75 bits per heavy atom. The average molecular weight is 110 g/mol. The molecule has 0 saturated carbocycles. The van der Waals surface area contributed by atoms with E-state index in [9.17, 15) is 0 Å².